The van der Waals surface area contributed by atoms with Gasteiger partial charge in [-0.05, 0) is 0 Å². The van der Waals surface area contributed by atoms with E-state index >= 15 is 0 Å². The zero-order valence-corrected chi connectivity index (χ0v) is 8.77. The molecule has 0 amide bonds. The molecule has 0 unspecified atom stereocenters. The number of hydrogen-bond acceptors (Lipinski definition) is 0. The van der Waals surface area contributed by atoms with Crippen LogP contribution in [0, 0.1) is 0 Å². The Labute approximate surface area is 74.2 Å². The van der Waals surface area contributed by atoms with Gasteiger partial charge < -0.3 is 0 Å². The third kappa shape index (κ3) is 8.84. The Morgan fingerprint density at radius 2 is 1.00 bits per heavy atom. The standard InChI is InChI=1S/Al.Ni.Ti.Zn. The normalized spacial score (nSPS) is 0. The molecule has 0 aliphatic carbocycles. The van der Waals surface area contributed by atoms with Gasteiger partial charge in [-0.15, -0.1) is 0 Å². The zero-order valence-electron chi connectivity index (χ0n) is 2.10. The predicted molar refractivity (Wildman–Crippen MR) is 5.75 cm³/mol. The molecular weight excluding hydrogens is 199 g/mol. The molecule has 0 spiro atoms. The maximum absolute atomic E-state index is 0. The van der Waals surface area contributed by atoms with Crippen LogP contribution < -0.4 is 0 Å². The van der Waals surface area contributed by atoms with Crippen molar-refractivity contribution in [1.82, 2.24) is 0 Å². The smallest absolute Gasteiger partial charge is 0 e. The van der Waals surface area contributed by atoms with Crippen LogP contribution in [0.5, 0.6) is 0 Å². The summed E-state index contributed by atoms with van der Waals surface area (Å²) < 4.78 is 0. The maximum Gasteiger partial charge on any atom is 0 e. The van der Waals surface area contributed by atoms with Gasteiger partial charge >= 0.3 is 0 Å². The Kier molecular flexibility index (Phi) is 150. The molecule has 0 fully saturated rings. The monoisotopic (exact) mass is 197 g/mol. The Morgan fingerprint density at radius 3 is 1.00 bits per heavy atom. The van der Waals surface area contributed by atoms with Crippen molar-refractivity contribution in [3.8, 4) is 0 Å². The van der Waals surface area contributed by atoms with Gasteiger partial charge in [-0.1, -0.05) is 0 Å². The molecule has 0 rings (SSSR count). The van der Waals surface area contributed by atoms with E-state index in [1.165, 1.54) is 0 Å². The summed E-state index contributed by atoms with van der Waals surface area (Å²) >= 11 is 0. The van der Waals surface area contributed by atoms with Crippen molar-refractivity contribution in [2.45, 2.75) is 0 Å². The van der Waals surface area contributed by atoms with Crippen LogP contribution in [0.2, 0.25) is 0 Å². The van der Waals surface area contributed by atoms with E-state index in [9.17, 15) is 0 Å². The average Bonchev–Trinajstić information content (AvgIpc) is 0. The number of hydrogen-bond donors (Lipinski definition) is 0. The Bertz CT molecular complexity index is 8.00. The van der Waals surface area contributed by atoms with E-state index < -0.39 is 0 Å². The van der Waals surface area contributed by atoms with Crippen molar-refractivity contribution in [2.75, 3.05) is 0 Å². The molecule has 0 saturated heterocycles. The SMILES string of the molecule is [Al].[Ni].[Ti].[Zn]. The van der Waals surface area contributed by atoms with E-state index in [0.717, 1.165) is 0 Å². The molecule has 0 aliphatic rings. The fraction of sp³-hybridized carbons (Fsp3) is 0. The largest absolute Gasteiger partial charge is 0 e. The van der Waals surface area contributed by atoms with Crippen LogP contribution in [-0.2, 0) is 57.7 Å². The molecule has 0 aromatic carbocycles. The van der Waals surface area contributed by atoms with Crippen molar-refractivity contribution in [1.29, 1.82) is 0 Å². The van der Waals surface area contributed by atoms with Gasteiger partial charge in [0, 0.05) is 75.0 Å². The van der Waals surface area contributed by atoms with Gasteiger partial charge in [0.2, 0.25) is 0 Å². The van der Waals surface area contributed by atoms with Crippen LogP contribution in [0.1, 0.15) is 0 Å². The first-order valence-electron chi connectivity index (χ1n) is 0. The van der Waals surface area contributed by atoms with Gasteiger partial charge in [0.05, 0.1) is 0 Å². The summed E-state index contributed by atoms with van der Waals surface area (Å²) in [4.78, 5) is 0. The van der Waals surface area contributed by atoms with Gasteiger partial charge in [-0.2, -0.15) is 0 Å². The van der Waals surface area contributed by atoms with Crippen molar-refractivity contribution >= 4 is 17.4 Å². The molecule has 0 heterocycles. The second-order valence-corrected chi connectivity index (χ2v) is 0. The molecule has 3 radical (unpaired) electrons. The summed E-state index contributed by atoms with van der Waals surface area (Å²) in [5.74, 6) is 0. The van der Waals surface area contributed by atoms with E-state index in [1.54, 1.807) is 0 Å². The molecule has 0 aromatic heterocycles. The topological polar surface area (TPSA) is 0 Å². The second kappa shape index (κ2) is 18.3. The van der Waals surface area contributed by atoms with Crippen molar-refractivity contribution in [3.63, 3.8) is 0 Å². The Hall–Kier alpha value is 2.36. The molecular formula is AlNiTiZn. The van der Waals surface area contributed by atoms with Gasteiger partial charge in [-0.25, -0.2) is 0 Å². The summed E-state index contributed by atoms with van der Waals surface area (Å²) in [6, 6.07) is 0. The summed E-state index contributed by atoms with van der Waals surface area (Å²) in [7, 11) is 0. The molecule has 0 atom stereocenters. The van der Waals surface area contributed by atoms with Crippen LogP contribution in [-0.4, -0.2) is 17.4 Å². The molecule has 0 aromatic rings. The van der Waals surface area contributed by atoms with Crippen LogP contribution in [0.25, 0.3) is 0 Å². The molecule has 0 bridgehead atoms. The fourth-order valence-corrected chi connectivity index (χ4v) is 0. The van der Waals surface area contributed by atoms with Crippen molar-refractivity contribution in [2.24, 2.45) is 0 Å². The van der Waals surface area contributed by atoms with Gasteiger partial charge in [0.1, 0.15) is 0 Å². The van der Waals surface area contributed by atoms with Gasteiger partial charge in [0.25, 0.3) is 0 Å². The molecule has 0 nitrogen and oxygen atoms in total. The van der Waals surface area contributed by atoms with E-state index in [2.05, 4.69) is 0 Å². The van der Waals surface area contributed by atoms with Gasteiger partial charge in [-0.3, -0.25) is 0 Å². The molecule has 0 N–H and O–H groups in total. The Morgan fingerprint density at radius 1 is 1.00 bits per heavy atom. The molecule has 19 valence electrons. The van der Waals surface area contributed by atoms with E-state index in [-0.39, 0.29) is 75.0 Å². The third-order valence-electron chi connectivity index (χ3n) is 0. The fourth-order valence-electron chi connectivity index (χ4n) is 0. The minimum atomic E-state index is 0. The van der Waals surface area contributed by atoms with Crippen LogP contribution in [0.3, 0.4) is 0 Å². The average molecular weight is 199 g/mol. The zero-order chi connectivity index (χ0) is 0. The molecule has 4 heavy (non-hydrogen) atoms. The van der Waals surface area contributed by atoms with Crippen molar-refractivity contribution in [3.05, 3.63) is 0 Å². The molecule has 4 heteroatoms. The van der Waals surface area contributed by atoms with Gasteiger partial charge in [0.15, 0.2) is 0 Å². The Balaban J connectivity index is 0. The summed E-state index contributed by atoms with van der Waals surface area (Å²) in [6.07, 6.45) is 0. The van der Waals surface area contributed by atoms with E-state index in [1.807, 2.05) is 0 Å². The summed E-state index contributed by atoms with van der Waals surface area (Å²) in [6.45, 7) is 0. The maximum atomic E-state index is 0. The molecule has 0 saturated carbocycles. The first kappa shape index (κ1) is 32.8. The quantitative estimate of drug-likeness (QED) is 0.466. The van der Waals surface area contributed by atoms with Crippen LogP contribution in [0.15, 0.2) is 0 Å². The predicted octanol–water partition coefficient (Wildman–Crippen LogP) is -0.388. The van der Waals surface area contributed by atoms with Crippen LogP contribution >= 0.6 is 0 Å². The minimum Gasteiger partial charge on any atom is 0 e. The van der Waals surface area contributed by atoms with Crippen molar-refractivity contribution < 1.29 is 57.7 Å². The minimum absolute atomic E-state index is 0. The molecule has 0 aliphatic heterocycles. The summed E-state index contributed by atoms with van der Waals surface area (Å²) in [5, 5.41) is 0. The second-order valence-electron chi connectivity index (χ2n) is 0. The van der Waals surface area contributed by atoms with E-state index in [4.69, 9.17) is 0 Å². The van der Waals surface area contributed by atoms with E-state index in [0.29, 0.717) is 0 Å². The first-order valence-corrected chi connectivity index (χ1v) is 0. The third-order valence-corrected chi connectivity index (χ3v) is 0. The summed E-state index contributed by atoms with van der Waals surface area (Å²) in [5.41, 5.74) is 0. The van der Waals surface area contributed by atoms with Crippen LogP contribution in [0.4, 0.5) is 0 Å². The first-order chi connectivity index (χ1) is 0. The number of rotatable bonds is 0.